The Bertz CT molecular complexity index is 650. The Hall–Kier alpha value is -1.93. The number of hydrogen-bond donors (Lipinski definition) is 5. The molecule has 0 saturated carbocycles. The van der Waals surface area contributed by atoms with Gasteiger partial charge in [-0.2, -0.15) is 0 Å². The summed E-state index contributed by atoms with van der Waals surface area (Å²) in [6.07, 6.45) is 18.5. The van der Waals surface area contributed by atoms with Crippen LogP contribution in [0.2, 0.25) is 0 Å². The van der Waals surface area contributed by atoms with Crippen molar-refractivity contribution in [3.05, 3.63) is 12.2 Å². The van der Waals surface area contributed by atoms with Crippen molar-refractivity contribution in [1.82, 2.24) is 10.6 Å². The number of carbonyl (C=O) groups is 3. The van der Waals surface area contributed by atoms with E-state index in [1.54, 1.807) is 13.8 Å². The zero-order valence-electron chi connectivity index (χ0n) is 23.6. The molecule has 8 nitrogen and oxygen atoms in total. The highest BCUT2D eigenvalue weighted by molar-refractivity contribution is 5.82. The molecule has 5 N–H and O–H groups in total. The second kappa shape index (κ2) is 22.1. The van der Waals surface area contributed by atoms with Gasteiger partial charge in [-0.3, -0.25) is 14.4 Å². The minimum atomic E-state index is -1.37. The summed E-state index contributed by atoms with van der Waals surface area (Å²) in [6.45, 7) is 5.36. The van der Waals surface area contributed by atoms with Crippen molar-refractivity contribution in [2.75, 3.05) is 19.7 Å². The molecule has 0 rings (SSSR count). The number of hydrogen-bond acceptors (Lipinski definition) is 5. The third-order valence-electron chi connectivity index (χ3n) is 6.78. The van der Waals surface area contributed by atoms with E-state index < -0.39 is 29.3 Å². The fraction of sp³-hybridized carbons (Fsp3) is 0.828. The number of carboxylic acid groups (broad SMARTS) is 1. The van der Waals surface area contributed by atoms with Crippen LogP contribution >= 0.6 is 0 Å². The molecule has 8 heteroatoms. The van der Waals surface area contributed by atoms with E-state index >= 15 is 0 Å². The smallest absolute Gasteiger partial charge is 0.306 e. The Balaban J connectivity index is 3.86. The molecule has 0 bridgehead atoms. The molecule has 2 unspecified atom stereocenters. The van der Waals surface area contributed by atoms with Gasteiger partial charge in [-0.05, 0) is 38.5 Å². The topological polar surface area (TPSA) is 136 Å². The van der Waals surface area contributed by atoms with E-state index in [2.05, 4.69) is 29.7 Å². The lowest BCUT2D eigenvalue weighted by Gasteiger charge is -2.27. The Morgan fingerprint density at radius 2 is 1.38 bits per heavy atom. The molecule has 0 spiro atoms. The first-order valence-corrected chi connectivity index (χ1v) is 14.4. The number of rotatable bonds is 24. The minimum Gasteiger partial charge on any atom is -0.481 e. The molecule has 0 aliphatic carbocycles. The van der Waals surface area contributed by atoms with Crippen LogP contribution in [0.1, 0.15) is 117 Å². The van der Waals surface area contributed by atoms with Crippen LogP contribution in [0.3, 0.4) is 0 Å². The quantitative estimate of drug-likeness (QED) is 0.0911. The van der Waals surface area contributed by atoms with Crippen molar-refractivity contribution in [1.29, 1.82) is 0 Å². The van der Waals surface area contributed by atoms with Crippen LogP contribution in [-0.2, 0) is 14.4 Å². The summed E-state index contributed by atoms with van der Waals surface area (Å²) in [6, 6.07) is 0. The van der Waals surface area contributed by atoms with Crippen molar-refractivity contribution in [3.8, 4) is 0 Å². The fourth-order valence-electron chi connectivity index (χ4n) is 3.99. The van der Waals surface area contributed by atoms with Gasteiger partial charge in [-0.25, -0.2) is 0 Å². The van der Waals surface area contributed by atoms with Crippen molar-refractivity contribution in [2.45, 2.75) is 123 Å². The van der Waals surface area contributed by atoms with Gasteiger partial charge in [-0.15, -0.1) is 0 Å². The maximum Gasteiger partial charge on any atom is 0.306 e. The lowest BCUT2D eigenvalue weighted by molar-refractivity contribution is -0.142. The summed E-state index contributed by atoms with van der Waals surface area (Å²) < 4.78 is 0. The molecule has 216 valence electrons. The average Bonchev–Trinajstić information content (AvgIpc) is 2.86. The first kappa shape index (κ1) is 35.1. The van der Waals surface area contributed by atoms with Gasteiger partial charge in [0.1, 0.15) is 6.10 Å². The van der Waals surface area contributed by atoms with E-state index in [1.807, 2.05) is 0 Å². The maximum absolute atomic E-state index is 12.0. The largest absolute Gasteiger partial charge is 0.481 e. The Morgan fingerprint density at radius 3 is 1.95 bits per heavy atom. The second-order valence-corrected chi connectivity index (χ2v) is 10.8. The summed E-state index contributed by atoms with van der Waals surface area (Å²) >= 11 is 0. The van der Waals surface area contributed by atoms with Crippen LogP contribution in [0.25, 0.3) is 0 Å². The second-order valence-electron chi connectivity index (χ2n) is 10.8. The molecule has 0 aromatic rings. The van der Waals surface area contributed by atoms with Gasteiger partial charge in [0, 0.05) is 24.9 Å². The zero-order chi connectivity index (χ0) is 27.9. The number of amides is 2. The third kappa shape index (κ3) is 18.9. The van der Waals surface area contributed by atoms with Crippen LogP contribution in [0.4, 0.5) is 0 Å². The predicted molar refractivity (Wildman–Crippen MR) is 148 cm³/mol. The number of carboxylic acids is 1. The molecule has 2 amide bonds. The Labute approximate surface area is 224 Å². The van der Waals surface area contributed by atoms with Gasteiger partial charge in [0.2, 0.25) is 11.8 Å². The first-order chi connectivity index (χ1) is 17.7. The normalized spacial score (nSPS) is 13.4. The van der Waals surface area contributed by atoms with Gasteiger partial charge >= 0.3 is 5.97 Å². The van der Waals surface area contributed by atoms with Crippen LogP contribution in [-0.4, -0.2) is 58.9 Å². The average molecular weight is 527 g/mol. The van der Waals surface area contributed by atoms with Crippen LogP contribution in [0, 0.1) is 11.3 Å². The molecular weight excluding hydrogens is 472 g/mol. The molecule has 0 fully saturated rings. The highest BCUT2D eigenvalue weighted by Crippen LogP contribution is 2.19. The van der Waals surface area contributed by atoms with Gasteiger partial charge < -0.3 is 26.0 Å². The summed E-state index contributed by atoms with van der Waals surface area (Å²) in [5.41, 5.74) is -0.970. The summed E-state index contributed by atoms with van der Waals surface area (Å²) in [7, 11) is 0. The van der Waals surface area contributed by atoms with Gasteiger partial charge in [-0.1, -0.05) is 84.3 Å². The molecule has 0 radical (unpaired) electrons. The number of aliphatic hydroxyl groups is 2. The van der Waals surface area contributed by atoms with Crippen molar-refractivity contribution in [2.24, 2.45) is 11.3 Å². The molecule has 0 aromatic carbocycles. The zero-order valence-corrected chi connectivity index (χ0v) is 23.6. The highest BCUT2D eigenvalue weighted by Gasteiger charge is 2.32. The van der Waals surface area contributed by atoms with Crippen LogP contribution < -0.4 is 10.6 Å². The minimum absolute atomic E-state index is 0.0309. The third-order valence-corrected chi connectivity index (χ3v) is 6.78. The maximum atomic E-state index is 12.0. The molecule has 0 aromatic heterocycles. The lowest BCUT2D eigenvalue weighted by Crippen LogP contribution is -2.46. The standard InChI is InChI=1S/C29H54N2O6/c1-4-5-6-7-8-9-10-11-12-13-14-15-16-17-18-24(28(36)37)19-21-30-25(33)20-22-31-27(35)26(34)29(2,3)23-32/h11-12,24,26,32,34H,4-10,13-23H2,1-3H3,(H,30,33)(H,31,35)(H,36,37)/b12-11-. The molecule has 0 aliphatic heterocycles. The molecule has 2 atom stereocenters. The lowest BCUT2D eigenvalue weighted by atomic mass is 9.87. The van der Waals surface area contributed by atoms with Crippen LogP contribution in [0.15, 0.2) is 12.2 Å². The van der Waals surface area contributed by atoms with Gasteiger partial charge in [0.05, 0.1) is 12.5 Å². The predicted octanol–water partition coefficient (Wildman–Crippen LogP) is 4.73. The van der Waals surface area contributed by atoms with Crippen molar-refractivity contribution < 1.29 is 29.7 Å². The number of aliphatic hydroxyl groups excluding tert-OH is 2. The van der Waals surface area contributed by atoms with Gasteiger partial charge in [0.25, 0.3) is 0 Å². The molecule has 0 aliphatic rings. The van der Waals surface area contributed by atoms with E-state index in [0.717, 1.165) is 32.1 Å². The SMILES string of the molecule is CCCCCCCC/C=C\CCCCCCC(CCNC(=O)CCNC(=O)C(O)C(C)(C)CO)C(=O)O. The molecule has 0 heterocycles. The summed E-state index contributed by atoms with van der Waals surface area (Å²) in [5.74, 6) is -2.24. The number of allylic oxidation sites excluding steroid dienone is 2. The monoisotopic (exact) mass is 526 g/mol. The number of unbranched alkanes of at least 4 members (excludes halogenated alkanes) is 10. The van der Waals surface area contributed by atoms with Crippen molar-refractivity contribution in [3.63, 3.8) is 0 Å². The first-order valence-electron chi connectivity index (χ1n) is 14.4. The van der Waals surface area contributed by atoms with Crippen molar-refractivity contribution >= 4 is 17.8 Å². The number of carbonyl (C=O) groups excluding carboxylic acids is 2. The van der Waals surface area contributed by atoms with Crippen LogP contribution in [0.5, 0.6) is 0 Å². The number of nitrogens with one attached hydrogen (secondary N) is 2. The summed E-state index contributed by atoms with van der Waals surface area (Å²) in [4.78, 5) is 35.4. The van der Waals surface area contributed by atoms with E-state index in [4.69, 9.17) is 0 Å². The summed E-state index contributed by atoms with van der Waals surface area (Å²) in [5, 5.41) is 33.8. The van der Waals surface area contributed by atoms with Gasteiger partial charge in [0.15, 0.2) is 0 Å². The Kier molecular flexibility index (Phi) is 20.9. The Morgan fingerprint density at radius 1 is 0.811 bits per heavy atom. The highest BCUT2D eigenvalue weighted by atomic mass is 16.4. The van der Waals surface area contributed by atoms with E-state index in [-0.39, 0.29) is 32.0 Å². The molecular formula is C29H54N2O6. The fourth-order valence-corrected chi connectivity index (χ4v) is 3.99. The molecule has 37 heavy (non-hydrogen) atoms. The van der Waals surface area contributed by atoms with E-state index in [1.165, 1.54) is 44.9 Å². The van der Waals surface area contributed by atoms with E-state index in [0.29, 0.717) is 12.8 Å². The number of aliphatic carboxylic acids is 1. The van der Waals surface area contributed by atoms with E-state index in [9.17, 15) is 29.7 Å². The molecule has 0 saturated heterocycles.